The topological polar surface area (TPSA) is 32.3 Å². The zero-order chi connectivity index (χ0) is 15.9. The van der Waals surface area contributed by atoms with Crippen LogP contribution >= 0.6 is 22.6 Å². The van der Waals surface area contributed by atoms with Gasteiger partial charge < -0.3 is 10.2 Å². The van der Waals surface area contributed by atoms with Gasteiger partial charge >= 0.3 is 0 Å². The second-order valence-electron chi connectivity index (χ2n) is 5.50. The van der Waals surface area contributed by atoms with Crippen molar-refractivity contribution in [3.8, 4) is 0 Å². The van der Waals surface area contributed by atoms with Crippen LogP contribution in [0.25, 0.3) is 0 Å². The van der Waals surface area contributed by atoms with E-state index in [1.54, 1.807) is 0 Å². The predicted molar refractivity (Wildman–Crippen MR) is 99.1 cm³/mol. The minimum absolute atomic E-state index is 0.00934. The number of amides is 1. The Kier molecular flexibility index (Phi) is 6.39. The van der Waals surface area contributed by atoms with Crippen molar-refractivity contribution in [1.82, 2.24) is 10.2 Å². The maximum Gasteiger partial charge on any atom is 0.252 e. The molecule has 1 N–H and O–H groups in total. The third-order valence-corrected chi connectivity index (χ3v) is 4.60. The summed E-state index contributed by atoms with van der Waals surface area (Å²) in [4.78, 5) is 14.5. The largest absolute Gasteiger partial charge is 0.350 e. The van der Waals surface area contributed by atoms with Gasteiger partial charge in [0, 0.05) is 16.2 Å². The zero-order valence-electron chi connectivity index (χ0n) is 12.9. The Morgan fingerprint density at radius 1 is 1.09 bits per heavy atom. The number of hydrogen-bond acceptors (Lipinski definition) is 2. The van der Waals surface area contributed by atoms with Crippen molar-refractivity contribution in [1.29, 1.82) is 0 Å². The number of hydrogen-bond donors (Lipinski definition) is 1. The highest BCUT2D eigenvalue weighted by Crippen LogP contribution is 2.11. The molecule has 0 bridgehead atoms. The van der Waals surface area contributed by atoms with E-state index in [1.807, 2.05) is 56.6 Å². The first-order valence-corrected chi connectivity index (χ1v) is 8.39. The first-order valence-electron chi connectivity index (χ1n) is 7.31. The standard InChI is InChI=1S/C18H21IN2O/c1-21(2)15(12-14-8-4-3-5-9-14)13-20-18(22)16-10-6-7-11-17(16)19/h3-11,15H,12-13H2,1-2H3,(H,20,22)/t15-/m0/s1. The Labute approximate surface area is 145 Å². The van der Waals surface area contributed by atoms with E-state index >= 15 is 0 Å². The van der Waals surface area contributed by atoms with Crippen LogP contribution < -0.4 is 5.32 Å². The SMILES string of the molecule is CN(C)[C@H](CNC(=O)c1ccccc1I)Cc1ccccc1. The van der Waals surface area contributed by atoms with E-state index in [-0.39, 0.29) is 11.9 Å². The summed E-state index contributed by atoms with van der Waals surface area (Å²) in [5.74, 6) is -0.00934. The first-order chi connectivity index (χ1) is 10.6. The molecule has 0 radical (unpaired) electrons. The lowest BCUT2D eigenvalue weighted by molar-refractivity contribution is 0.0941. The maximum absolute atomic E-state index is 12.3. The van der Waals surface area contributed by atoms with Gasteiger partial charge in [-0.15, -0.1) is 0 Å². The van der Waals surface area contributed by atoms with Gasteiger partial charge in [-0.25, -0.2) is 0 Å². The number of nitrogens with zero attached hydrogens (tertiary/aromatic N) is 1. The highest BCUT2D eigenvalue weighted by atomic mass is 127. The van der Waals surface area contributed by atoms with Crippen molar-refractivity contribution < 1.29 is 4.79 Å². The average Bonchev–Trinajstić information content (AvgIpc) is 2.52. The van der Waals surface area contributed by atoms with Crippen molar-refractivity contribution in [3.63, 3.8) is 0 Å². The third kappa shape index (κ3) is 4.81. The number of nitrogens with one attached hydrogen (secondary N) is 1. The van der Waals surface area contributed by atoms with Crippen LogP contribution in [0.3, 0.4) is 0 Å². The van der Waals surface area contributed by atoms with Crippen LogP contribution in [-0.4, -0.2) is 37.5 Å². The van der Waals surface area contributed by atoms with Crippen molar-refractivity contribution in [2.45, 2.75) is 12.5 Å². The Morgan fingerprint density at radius 3 is 2.36 bits per heavy atom. The maximum atomic E-state index is 12.3. The van der Waals surface area contributed by atoms with E-state index in [2.05, 4.69) is 44.9 Å². The summed E-state index contributed by atoms with van der Waals surface area (Å²) in [5.41, 5.74) is 2.02. The van der Waals surface area contributed by atoms with E-state index in [1.165, 1.54) is 5.56 Å². The van der Waals surface area contributed by atoms with Crippen LogP contribution in [0.1, 0.15) is 15.9 Å². The van der Waals surface area contributed by atoms with E-state index in [0.29, 0.717) is 6.54 Å². The number of carbonyl (C=O) groups is 1. The molecule has 22 heavy (non-hydrogen) atoms. The molecule has 0 saturated heterocycles. The molecular formula is C18H21IN2O. The fourth-order valence-electron chi connectivity index (χ4n) is 2.27. The van der Waals surface area contributed by atoms with Gasteiger partial charge in [-0.05, 0) is 60.8 Å². The van der Waals surface area contributed by atoms with Gasteiger partial charge in [0.25, 0.3) is 5.91 Å². The number of carbonyl (C=O) groups excluding carboxylic acids is 1. The Bertz CT molecular complexity index is 613. The smallest absolute Gasteiger partial charge is 0.252 e. The molecule has 0 spiro atoms. The average molecular weight is 408 g/mol. The van der Waals surface area contributed by atoms with Gasteiger partial charge in [-0.2, -0.15) is 0 Å². The van der Waals surface area contributed by atoms with Gasteiger partial charge in [0.05, 0.1) is 5.56 Å². The highest BCUT2D eigenvalue weighted by molar-refractivity contribution is 14.1. The Balaban J connectivity index is 1.97. The van der Waals surface area contributed by atoms with Crippen LogP contribution in [0.2, 0.25) is 0 Å². The molecule has 2 rings (SSSR count). The predicted octanol–water partition coefficient (Wildman–Crippen LogP) is 3.19. The van der Waals surface area contributed by atoms with Crippen molar-refractivity contribution >= 4 is 28.5 Å². The summed E-state index contributed by atoms with van der Waals surface area (Å²) < 4.78 is 0.974. The molecule has 0 aliphatic carbocycles. The molecular weight excluding hydrogens is 387 g/mol. The Morgan fingerprint density at radius 2 is 1.73 bits per heavy atom. The highest BCUT2D eigenvalue weighted by Gasteiger charge is 2.15. The molecule has 0 aliphatic rings. The first kappa shape index (κ1) is 17.0. The summed E-state index contributed by atoms with van der Waals surface area (Å²) >= 11 is 2.19. The van der Waals surface area contributed by atoms with Crippen molar-refractivity contribution in [3.05, 3.63) is 69.3 Å². The number of rotatable bonds is 6. The molecule has 3 nitrogen and oxygen atoms in total. The third-order valence-electron chi connectivity index (χ3n) is 3.66. The van der Waals surface area contributed by atoms with Crippen LogP contribution in [0.4, 0.5) is 0 Å². The van der Waals surface area contributed by atoms with Gasteiger partial charge in [-0.3, -0.25) is 4.79 Å². The van der Waals surface area contributed by atoms with Gasteiger partial charge in [0.2, 0.25) is 0 Å². The molecule has 116 valence electrons. The lowest BCUT2D eigenvalue weighted by Gasteiger charge is -2.25. The lowest BCUT2D eigenvalue weighted by atomic mass is 10.1. The fraction of sp³-hybridized carbons (Fsp3) is 0.278. The molecule has 2 aromatic rings. The van der Waals surface area contributed by atoms with Crippen LogP contribution in [-0.2, 0) is 6.42 Å². The number of likely N-dealkylation sites (N-methyl/N-ethyl adjacent to an activating group) is 1. The molecule has 1 atom stereocenters. The van der Waals surface area contributed by atoms with Gasteiger partial charge in [-0.1, -0.05) is 42.5 Å². The minimum Gasteiger partial charge on any atom is -0.350 e. The van der Waals surface area contributed by atoms with Gasteiger partial charge in [0.1, 0.15) is 0 Å². The molecule has 0 saturated carbocycles. The molecule has 2 aromatic carbocycles. The summed E-state index contributed by atoms with van der Waals surface area (Å²) in [6.07, 6.45) is 0.917. The van der Waals surface area contributed by atoms with E-state index < -0.39 is 0 Å². The van der Waals surface area contributed by atoms with Crippen molar-refractivity contribution in [2.24, 2.45) is 0 Å². The lowest BCUT2D eigenvalue weighted by Crippen LogP contribution is -2.41. The molecule has 0 fully saturated rings. The van der Waals surface area contributed by atoms with E-state index in [0.717, 1.165) is 15.6 Å². The van der Waals surface area contributed by atoms with Gasteiger partial charge in [0.15, 0.2) is 0 Å². The number of benzene rings is 2. The molecule has 0 unspecified atom stereocenters. The van der Waals surface area contributed by atoms with Crippen LogP contribution in [0, 0.1) is 3.57 Å². The number of halogens is 1. The van der Waals surface area contributed by atoms with E-state index in [9.17, 15) is 4.79 Å². The van der Waals surface area contributed by atoms with E-state index in [4.69, 9.17) is 0 Å². The van der Waals surface area contributed by atoms with Crippen LogP contribution in [0.5, 0.6) is 0 Å². The zero-order valence-corrected chi connectivity index (χ0v) is 15.1. The fourth-order valence-corrected chi connectivity index (χ4v) is 2.91. The summed E-state index contributed by atoms with van der Waals surface area (Å²) in [5, 5.41) is 3.06. The minimum atomic E-state index is -0.00934. The summed E-state index contributed by atoms with van der Waals surface area (Å²) in [6, 6.07) is 18.3. The monoisotopic (exact) mass is 408 g/mol. The molecule has 0 heterocycles. The second kappa shape index (κ2) is 8.29. The molecule has 0 aromatic heterocycles. The summed E-state index contributed by atoms with van der Waals surface area (Å²) in [6.45, 7) is 0.631. The molecule has 4 heteroatoms. The quantitative estimate of drug-likeness (QED) is 0.745. The molecule has 1 amide bonds. The second-order valence-corrected chi connectivity index (χ2v) is 6.66. The Hall–Kier alpha value is -1.40. The van der Waals surface area contributed by atoms with Crippen LogP contribution in [0.15, 0.2) is 54.6 Å². The molecule has 0 aliphatic heterocycles. The normalized spacial score (nSPS) is 12.2. The summed E-state index contributed by atoms with van der Waals surface area (Å²) in [7, 11) is 4.10. The van der Waals surface area contributed by atoms with Crippen molar-refractivity contribution in [2.75, 3.05) is 20.6 Å².